The molecule has 3 aromatic carbocycles. The molecule has 0 aliphatic carbocycles. The number of sulfonamides is 1. The molecular formula is C36H38N6O8S. The molecule has 1 unspecified atom stereocenters. The maximum atomic E-state index is 14.9. The van der Waals surface area contributed by atoms with Crippen molar-refractivity contribution in [3.05, 3.63) is 113 Å². The molecule has 0 saturated heterocycles. The number of carbonyl (C=O) groups is 4. The molecule has 3 atom stereocenters. The largest absolute Gasteiger partial charge is 0.480 e. The Labute approximate surface area is 294 Å². The average Bonchev–Trinajstić information content (AvgIpc) is 3.76. The van der Waals surface area contributed by atoms with Gasteiger partial charge in [0, 0.05) is 54.2 Å². The SMILES string of the molecule is Cc1cc(C)cc(C(=O)N(C)[C@H](Cc2ccc(-c3ccno3)cc2)C(=O)N([C@@H](Cc2c[nH]c3ccccc23)C(N)=O)S(=O)(=O)CC(N)C(=O)O)c1. The highest BCUT2D eigenvalue weighted by Gasteiger charge is 2.44. The number of aryl methyl sites for hydroxylation is 2. The Hall–Kier alpha value is -5.80. The molecule has 0 spiro atoms. The molecule has 0 aliphatic rings. The average molecular weight is 715 g/mol. The van der Waals surface area contributed by atoms with Crippen LogP contribution in [-0.4, -0.2) is 87.5 Å². The van der Waals surface area contributed by atoms with Crippen molar-refractivity contribution >= 4 is 44.6 Å². The highest BCUT2D eigenvalue weighted by atomic mass is 32.2. The van der Waals surface area contributed by atoms with Gasteiger partial charge in [-0.05, 0) is 43.2 Å². The number of amides is 3. The summed E-state index contributed by atoms with van der Waals surface area (Å²) in [7, 11) is -3.61. The zero-order valence-corrected chi connectivity index (χ0v) is 29.0. The quantitative estimate of drug-likeness (QED) is 0.132. The Kier molecular flexibility index (Phi) is 10.7. The Morgan fingerprint density at radius 1 is 0.941 bits per heavy atom. The van der Waals surface area contributed by atoms with Crippen molar-refractivity contribution in [3.8, 4) is 11.3 Å². The van der Waals surface area contributed by atoms with E-state index in [9.17, 15) is 32.7 Å². The van der Waals surface area contributed by atoms with Crippen LogP contribution in [0.15, 0.2) is 89.7 Å². The molecule has 6 N–H and O–H groups in total. The minimum absolute atomic E-state index is 0.196. The number of likely N-dealkylation sites (N-methyl/N-ethyl adjacent to an activating group) is 1. The lowest BCUT2D eigenvalue weighted by Gasteiger charge is -2.36. The highest BCUT2D eigenvalue weighted by Crippen LogP contribution is 2.26. The van der Waals surface area contributed by atoms with Crippen molar-refractivity contribution in [2.24, 2.45) is 11.5 Å². The van der Waals surface area contributed by atoms with Gasteiger partial charge in [0.15, 0.2) is 5.76 Å². The van der Waals surface area contributed by atoms with Crippen LogP contribution in [0.5, 0.6) is 0 Å². The number of nitrogens with one attached hydrogen (secondary N) is 1. The topological polar surface area (TPSA) is 223 Å². The van der Waals surface area contributed by atoms with Crippen LogP contribution in [0.3, 0.4) is 0 Å². The number of benzene rings is 3. The minimum atomic E-state index is -4.97. The molecule has 51 heavy (non-hydrogen) atoms. The van der Waals surface area contributed by atoms with E-state index in [-0.39, 0.29) is 18.4 Å². The fourth-order valence-corrected chi connectivity index (χ4v) is 7.76. The second-order valence-corrected chi connectivity index (χ2v) is 14.3. The van der Waals surface area contributed by atoms with E-state index in [1.54, 1.807) is 72.9 Å². The monoisotopic (exact) mass is 714 g/mol. The lowest BCUT2D eigenvalue weighted by atomic mass is 9.99. The van der Waals surface area contributed by atoms with Crippen LogP contribution in [0.25, 0.3) is 22.2 Å². The van der Waals surface area contributed by atoms with Gasteiger partial charge in [-0.25, -0.2) is 12.7 Å². The number of carboxylic acids is 1. The van der Waals surface area contributed by atoms with Crippen molar-refractivity contribution in [1.82, 2.24) is 19.3 Å². The Bertz CT molecular complexity index is 2160. The molecule has 2 aromatic heterocycles. The predicted molar refractivity (Wildman–Crippen MR) is 189 cm³/mol. The first-order valence-electron chi connectivity index (χ1n) is 15.9. The van der Waals surface area contributed by atoms with E-state index in [2.05, 4.69) is 10.1 Å². The zero-order chi connectivity index (χ0) is 37.0. The molecular weight excluding hydrogens is 676 g/mol. The van der Waals surface area contributed by atoms with Gasteiger partial charge in [-0.3, -0.25) is 19.2 Å². The van der Waals surface area contributed by atoms with Gasteiger partial charge in [-0.2, -0.15) is 0 Å². The van der Waals surface area contributed by atoms with Crippen molar-refractivity contribution in [3.63, 3.8) is 0 Å². The molecule has 3 amide bonds. The highest BCUT2D eigenvalue weighted by molar-refractivity contribution is 7.89. The lowest BCUT2D eigenvalue weighted by Crippen LogP contribution is -2.60. The molecule has 266 valence electrons. The summed E-state index contributed by atoms with van der Waals surface area (Å²) >= 11 is 0. The van der Waals surface area contributed by atoms with Crippen molar-refractivity contribution in [2.75, 3.05) is 12.8 Å². The summed E-state index contributed by atoms with van der Waals surface area (Å²) in [5, 5.41) is 13.9. The summed E-state index contributed by atoms with van der Waals surface area (Å²) in [4.78, 5) is 58.0. The summed E-state index contributed by atoms with van der Waals surface area (Å²) in [6.07, 6.45) is 2.52. The number of hydrogen-bond acceptors (Lipinski definition) is 9. The van der Waals surface area contributed by atoms with E-state index in [1.807, 2.05) is 19.9 Å². The number of nitrogens with zero attached hydrogens (tertiary/aromatic N) is 3. The van der Waals surface area contributed by atoms with Crippen LogP contribution < -0.4 is 11.5 Å². The van der Waals surface area contributed by atoms with E-state index in [0.29, 0.717) is 37.7 Å². The molecule has 0 bridgehead atoms. The molecule has 0 aliphatic heterocycles. The molecule has 0 saturated carbocycles. The number of nitrogens with two attached hydrogens (primary N) is 2. The Morgan fingerprint density at radius 2 is 1.61 bits per heavy atom. The van der Waals surface area contributed by atoms with E-state index >= 15 is 0 Å². The van der Waals surface area contributed by atoms with E-state index < -0.39 is 57.6 Å². The lowest BCUT2D eigenvalue weighted by molar-refractivity contribution is -0.138. The fraction of sp³-hybridized carbons (Fsp3) is 0.250. The summed E-state index contributed by atoms with van der Waals surface area (Å²) in [5.41, 5.74) is 15.7. The van der Waals surface area contributed by atoms with Crippen molar-refractivity contribution < 1.29 is 37.2 Å². The van der Waals surface area contributed by atoms with Crippen LogP contribution in [0.2, 0.25) is 0 Å². The fourth-order valence-electron chi connectivity index (χ4n) is 6.04. The zero-order valence-electron chi connectivity index (χ0n) is 28.1. The van der Waals surface area contributed by atoms with Crippen LogP contribution in [0, 0.1) is 13.8 Å². The van der Waals surface area contributed by atoms with E-state index in [1.165, 1.54) is 13.2 Å². The molecule has 2 heterocycles. The number of hydrogen-bond donors (Lipinski definition) is 4. The Morgan fingerprint density at radius 3 is 2.22 bits per heavy atom. The Balaban J connectivity index is 1.62. The van der Waals surface area contributed by atoms with Crippen LogP contribution in [0.1, 0.15) is 32.6 Å². The molecule has 14 nitrogen and oxygen atoms in total. The van der Waals surface area contributed by atoms with Crippen LogP contribution in [0.4, 0.5) is 0 Å². The number of rotatable bonds is 14. The van der Waals surface area contributed by atoms with Gasteiger partial charge in [-0.15, -0.1) is 0 Å². The van der Waals surface area contributed by atoms with Gasteiger partial charge < -0.3 is 31.0 Å². The molecule has 5 aromatic rings. The van der Waals surface area contributed by atoms with Gasteiger partial charge in [0.25, 0.3) is 11.8 Å². The third-order valence-electron chi connectivity index (χ3n) is 8.57. The standard InChI is InChI=1S/C36H38N6O8S/c1-21-14-22(2)16-25(15-21)34(44)41(3)31(17-23-8-10-24(11-9-23)32-12-13-40-50-32)35(45)42(51(48,49)20-28(37)36(46)47)30(33(38)43)18-26-19-39-29-7-5-4-6-27(26)29/h4-16,19,28,30-31,39H,17-18,20,37H2,1-3H3,(H2,38,43)(H,46,47)/t28?,30-,31+/m0/s1. The number of carbonyl (C=O) groups excluding carboxylic acids is 3. The number of aromatic nitrogens is 2. The van der Waals surface area contributed by atoms with Crippen molar-refractivity contribution in [2.45, 2.75) is 44.8 Å². The second-order valence-electron chi connectivity index (χ2n) is 12.4. The van der Waals surface area contributed by atoms with Gasteiger partial charge in [0.2, 0.25) is 15.9 Å². The van der Waals surface area contributed by atoms with Gasteiger partial charge >= 0.3 is 5.97 Å². The number of aromatic amines is 1. The first-order valence-corrected chi connectivity index (χ1v) is 17.5. The van der Waals surface area contributed by atoms with Gasteiger partial charge in [0.05, 0.1) is 11.9 Å². The van der Waals surface area contributed by atoms with Crippen molar-refractivity contribution in [1.29, 1.82) is 0 Å². The summed E-state index contributed by atoms with van der Waals surface area (Å²) < 4.78 is 33.8. The summed E-state index contributed by atoms with van der Waals surface area (Å²) in [6.45, 7) is 3.62. The number of carboxylic acid groups (broad SMARTS) is 1. The number of aliphatic carboxylic acids is 1. The molecule has 0 fully saturated rings. The second kappa shape index (κ2) is 15.0. The minimum Gasteiger partial charge on any atom is -0.480 e. The molecule has 15 heteroatoms. The van der Waals surface area contributed by atoms with Gasteiger partial charge in [-0.1, -0.05) is 64.8 Å². The number of para-hydroxylation sites is 1. The smallest absolute Gasteiger partial charge is 0.321 e. The summed E-state index contributed by atoms with van der Waals surface area (Å²) in [6, 6.07) is 15.4. The third-order valence-corrected chi connectivity index (χ3v) is 10.4. The maximum Gasteiger partial charge on any atom is 0.321 e. The number of primary amides is 1. The number of H-pyrrole nitrogens is 1. The maximum absolute atomic E-state index is 14.9. The summed E-state index contributed by atoms with van der Waals surface area (Å²) in [5.74, 6) is -5.30. The number of fused-ring (bicyclic) bond motifs is 1. The predicted octanol–water partition coefficient (Wildman–Crippen LogP) is 2.79. The van der Waals surface area contributed by atoms with E-state index in [0.717, 1.165) is 16.0 Å². The molecule has 5 rings (SSSR count). The third kappa shape index (κ3) is 8.16. The first kappa shape index (κ1) is 36.5. The normalized spacial score (nSPS) is 13.3. The van der Waals surface area contributed by atoms with E-state index in [4.69, 9.17) is 16.0 Å². The van der Waals surface area contributed by atoms with Gasteiger partial charge in [0.1, 0.15) is 18.1 Å². The molecule has 0 radical (unpaired) electrons. The van der Waals surface area contributed by atoms with Crippen LogP contribution in [-0.2, 0) is 37.2 Å². The van der Waals surface area contributed by atoms with Crippen LogP contribution >= 0.6 is 0 Å². The first-order chi connectivity index (χ1) is 24.2.